The summed E-state index contributed by atoms with van der Waals surface area (Å²) < 4.78 is 57.9. The van der Waals surface area contributed by atoms with Gasteiger partial charge in [0.25, 0.3) is 5.91 Å². The van der Waals surface area contributed by atoms with Crippen molar-refractivity contribution in [2.75, 3.05) is 44.2 Å². The first kappa shape index (κ1) is 31.0. The number of nitrogens with zero attached hydrogens (tertiary/aromatic N) is 2. The van der Waals surface area contributed by atoms with Crippen molar-refractivity contribution in [1.29, 1.82) is 0 Å². The Morgan fingerprint density at radius 3 is 2.36 bits per heavy atom. The number of hydrogen-bond donors (Lipinski definition) is 3. The Kier molecular flexibility index (Phi) is 8.95. The Bertz CT molecular complexity index is 1650. The van der Waals surface area contributed by atoms with Crippen LogP contribution in [0.1, 0.15) is 24.2 Å². The normalized spacial score (nSPS) is 18.6. The van der Waals surface area contributed by atoms with Gasteiger partial charge in [-0.05, 0) is 61.5 Å². The van der Waals surface area contributed by atoms with Crippen LogP contribution in [-0.2, 0) is 10.0 Å². The Labute approximate surface area is 254 Å². The van der Waals surface area contributed by atoms with Gasteiger partial charge in [-0.15, -0.1) is 0 Å². The van der Waals surface area contributed by atoms with Crippen LogP contribution in [0.5, 0.6) is 17.2 Å². The van der Waals surface area contributed by atoms with Crippen LogP contribution in [0.4, 0.5) is 20.6 Å². The Balaban J connectivity index is 1.38. The van der Waals surface area contributed by atoms with Crippen molar-refractivity contribution in [3.8, 4) is 17.2 Å². The third-order valence-corrected chi connectivity index (χ3v) is 9.35. The lowest BCUT2D eigenvalue weighted by molar-refractivity contribution is 0.0387. The first-order chi connectivity index (χ1) is 21.0. The fourth-order valence-corrected chi connectivity index (χ4v) is 6.11. The zero-order valence-electron chi connectivity index (χ0n) is 24.3. The van der Waals surface area contributed by atoms with Gasteiger partial charge in [0.1, 0.15) is 17.7 Å². The molecule has 12 nitrogen and oxygen atoms in total. The zero-order valence-corrected chi connectivity index (χ0v) is 25.1. The highest BCUT2D eigenvalue weighted by atomic mass is 32.2. The lowest BCUT2D eigenvalue weighted by Gasteiger charge is -2.38. The van der Waals surface area contributed by atoms with Gasteiger partial charge in [0, 0.05) is 37.0 Å². The lowest BCUT2D eigenvalue weighted by atomic mass is 9.99. The predicted molar refractivity (Wildman–Crippen MR) is 159 cm³/mol. The summed E-state index contributed by atoms with van der Waals surface area (Å²) in [6.07, 6.45) is -0.705. The number of sulfonamides is 1. The van der Waals surface area contributed by atoms with Gasteiger partial charge in [-0.3, -0.25) is 4.79 Å². The number of anilines is 2. The SMILES string of the molecule is C[C@@H]1CN([C@H](C)CO)C(=O)c2cc(NC(=O)Nc3ccc4c(c3)OCO4)ccc2O[C@H]1CN(C)S(=O)(=O)c1ccc(F)cc1. The average molecular weight is 629 g/mol. The molecular formula is C30H33FN4O8S. The highest BCUT2D eigenvalue weighted by Gasteiger charge is 2.35. The van der Waals surface area contributed by atoms with Crippen molar-refractivity contribution in [1.82, 2.24) is 9.21 Å². The number of aliphatic hydroxyl groups excluding tert-OH is 1. The van der Waals surface area contributed by atoms with E-state index in [4.69, 9.17) is 14.2 Å². The van der Waals surface area contributed by atoms with E-state index in [0.717, 1.165) is 16.4 Å². The lowest BCUT2D eigenvalue weighted by Crippen LogP contribution is -2.50. The molecule has 2 aliphatic heterocycles. The molecular weight excluding hydrogens is 595 g/mol. The van der Waals surface area contributed by atoms with E-state index in [1.807, 2.05) is 6.92 Å². The summed E-state index contributed by atoms with van der Waals surface area (Å²) >= 11 is 0. The molecule has 0 spiro atoms. The molecule has 0 bridgehead atoms. The van der Waals surface area contributed by atoms with Gasteiger partial charge in [0.05, 0.1) is 29.7 Å². The molecule has 0 aliphatic carbocycles. The molecule has 3 aromatic rings. The first-order valence-corrected chi connectivity index (χ1v) is 15.3. The molecule has 2 heterocycles. The minimum absolute atomic E-state index is 0.0688. The number of likely N-dealkylation sites (N-methyl/N-ethyl adjacent to an activating group) is 1. The number of ether oxygens (including phenoxy) is 3. The second kappa shape index (κ2) is 12.7. The van der Waals surface area contributed by atoms with E-state index in [1.54, 1.807) is 31.2 Å². The van der Waals surface area contributed by atoms with E-state index in [2.05, 4.69) is 10.6 Å². The number of aliphatic hydroxyl groups is 1. The van der Waals surface area contributed by atoms with Crippen LogP contribution in [0.25, 0.3) is 0 Å². The average Bonchev–Trinajstić information content (AvgIpc) is 3.47. The molecule has 0 aromatic heterocycles. The van der Waals surface area contributed by atoms with Crippen LogP contribution >= 0.6 is 0 Å². The highest BCUT2D eigenvalue weighted by Crippen LogP contribution is 2.35. The van der Waals surface area contributed by atoms with Crippen molar-refractivity contribution >= 4 is 33.3 Å². The number of hydrogen-bond acceptors (Lipinski definition) is 8. The van der Waals surface area contributed by atoms with Crippen LogP contribution in [0, 0.1) is 11.7 Å². The molecule has 0 unspecified atom stereocenters. The molecule has 3 amide bonds. The Hall–Kier alpha value is -4.40. The summed E-state index contributed by atoms with van der Waals surface area (Å²) in [6, 6.07) is 13.0. The van der Waals surface area contributed by atoms with Gasteiger partial charge in [-0.1, -0.05) is 6.92 Å². The Morgan fingerprint density at radius 2 is 1.68 bits per heavy atom. The number of carbonyl (C=O) groups is 2. The van der Waals surface area contributed by atoms with Gasteiger partial charge >= 0.3 is 6.03 Å². The maximum absolute atomic E-state index is 13.7. The maximum Gasteiger partial charge on any atom is 0.323 e. The summed E-state index contributed by atoms with van der Waals surface area (Å²) in [4.78, 5) is 27.9. The fraction of sp³-hybridized carbons (Fsp3) is 0.333. The second-order valence-corrected chi connectivity index (χ2v) is 12.8. The quantitative estimate of drug-likeness (QED) is 0.342. The molecule has 2 aliphatic rings. The van der Waals surface area contributed by atoms with Crippen molar-refractivity contribution in [3.05, 3.63) is 72.0 Å². The summed E-state index contributed by atoms with van der Waals surface area (Å²) in [5, 5.41) is 15.3. The molecule has 0 saturated heterocycles. The molecule has 0 radical (unpaired) electrons. The van der Waals surface area contributed by atoms with E-state index in [-0.39, 0.29) is 48.6 Å². The van der Waals surface area contributed by atoms with Gasteiger partial charge < -0.3 is 34.9 Å². The molecule has 14 heteroatoms. The zero-order chi connectivity index (χ0) is 31.6. The summed E-state index contributed by atoms with van der Waals surface area (Å²) in [6.45, 7) is 3.42. The number of urea groups is 1. The molecule has 5 rings (SSSR count). The number of benzene rings is 3. The minimum atomic E-state index is -3.97. The van der Waals surface area contributed by atoms with Crippen LogP contribution in [0.15, 0.2) is 65.6 Å². The van der Waals surface area contributed by atoms with Gasteiger partial charge in [-0.25, -0.2) is 17.6 Å². The van der Waals surface area contributed by atoms with E-state index in [0.29, 0.717) is 22.9 Å². The van der Waals surface area contributed by atoms with Crippen LogP contribution in [0.2, 0.25) is 0 Å². The smallest absolute Gasteiger partial charge is 0.323 e. The molecule has 234 valence electrons. The van der Waals surface area contributed by atoms with Crippen molar-refractivity contribution in [2.45, 2.75) is 30.9 Å². The van der Waals surface area contributed by atoms with Crippen molar-refractivity contribution < 1.29 is 41.7 Å². The number of halogens is 1. The number of amides is 3. The van der Waals surface area contributed by atoms with Crippen LogP contribution in [-0.4, -0.2) is 80.4 Å². The molecule has 0 fully saturated rings. The van der Waals surface area contributed by atoms with Gasteiger partial charge in [-0.2, -0.15) is 4.31 Å². The predicted octanol–water partition coefficient (Wildman–Crippen LogP) is 3.74. The molecule has 44 heavy (non-hydrogen) atoms. The van der Waals surface area contributed by atoms with Gasteiger partial charge in [0.2, 0.25) is 16.8 Å². The Morgan fingerprint density at radius 1 is 1.05 bits per heavy atom. The summed E-state index contributed by atoms with van der Waals surface area (Å²) in [5.41, 5.74) is 0.903. The fourth-order valence-electron chi connectivity index (χ4n) is 4.92. The number of rotatable bonds is 8. The molecule has 3 N–H and O–H groups in total. The third-order valence-electron chi connectivity index (χ3n) is 7.51. The van der Waals surface area contributed by atoms with Crippen LogP contribution in [0.3, 0.4) is 0 Å². The van der Waals surface area contributed by atoms with E-state index in [9.17, 15) is 27.5 Å². The number of carbonyl (C=O) groups excluding carboxylic acids is 2. The monoisotopic (exact) mass is 628 g/mol. The number of fused-ring (bicyclic) bond motifs is 2. The van der Waals surface area contributed by atoms with Crippen molar-refractivity contribution in [3.63, 3.8) is 0 Å². The van der Waals surface area contributed by atoms with E-state index < -0.39 is 39.9 Å². The van der Waals surface area contributed by atoms with Crippen LogP contribution < -0.4 is 24.8 Å². The van der Waals surface area contributed by atoms with Gasteiger partial charge in [0.15, 0.2) is 11.5 Å². The second-order valence-electron chi connectivity index (χ2n) is 10.7. The summed E-state index contributed by atoms with van der Waals surface area (Å²) in [5.74, 6) is -0.0521. The standard InChI is InChI=1S/C30H33FN4O8S/c1-18-14-35(19(2)16-36)29(37)24-12-21(32-30(38)33-22-7-11-26-27(13-22)42-17-41-26)6-10-25(24)43-28(18)15-34(3)44(39,40)23-8-4-20(31)5-9-23/h4-13,18-19,28,36H,14-17H2,1-3H3,(H2,32,33,38)/t18-,19-,28+/m1/s1. The molecule has 3 aromatic carbocycles. The highest BCUT2D eigenvalue weighted by molar-refractivity contribution is 7.89. The summed E-state index contributed by atoms with van der Waals surface area (Å²) in [7, 11) is -2.57. The first-order valence-electron chi connectivity index (χ1n) is 13.9. The van der Waals surface area contributed by atoms with Crippen molar-refractivity contribution in [2.24, 2.45) is 5.92 Å². The molecule has 0 saturated carbocycles. The largest absolute Gasteiger partial charge is 0.488 e. The topological polar surface area (TPSA) is 147 Å². The maximum atomic E-state index is 13.7. The third kappa shape index (κ3) is 6.56. The van der Waals surface area contributed by atoms with E-state index >= 15 is 0 Å². The van der Waals surface area contributed by atoms with E-state index in [1.165, 1.54) is 36.2 Å². The number of nitrogens with one attached hydrogen (secondary N) is 2. The minimum Gasteiger partial charge on any atom is -0.488 e. The molecule has 3 atom stereocenters.